The van der Waals surface area contributed by atoms with Gasteiger partial charge in [0, 0.05) is 6.54 Å². The second-order valence-corrected chi connectivity index (χ2v) is 8.68. The molecule has 1 fully saturated rings. The number of amides is 4. The number of aryl methyl sites for hydroxylation is 1. The van der Waals surface area contributed by atoms with Crippen LogP contribution in [0.3, 0.4) is 0 Å². The standard InChI is InChI=1S/C22H24N6O4S/c1-3-27-18(16-10-7-13-32-16)24-25-21(27)33-14-17(29)26-28-19(30)22(2,23-20(28)31)12-11-15-8-5-4-6-9-15/h4-10,13H,3,11-12,14H2,1-2H3,(H,23,31)(H,26,29). The first-order chi connectivity index (χ1) is 15.9. The van der Waals surface area contributed by atoms with E-state index < -0.39 is 23.4 Å². The highest BCUT2D eigenvalue weighted by Crippen LogP contribution is 2.25. The van der Waals surface area contributed by atoms with E-state index in [9.17, 15) is 14.4 Å². The van der Waals surface area contributed by atoms with Crippen molar-refractivity contribution in [3.63, 3.8) is 0 Å². The summed E-state index contributed by atoms with van der Waals surface area (Å²) in [5, 5.41) is 12.3. The van der Waals surface area contributed by atoms with E-state index in [1.165, 1.54) is 0 Å². The molecule has 1 aromatic carbocycles. The van der Waals surface area contributed by atoms with Crippen LogP contribution >= 0.6 is 11.8 Å². The second-order valence-electron chi connectivity index (χ2n) is 7.74. The Morgan fingerprint density at radius 1 is 1.18 bits per heavy atom. The number of benzene rings is 1. The van der Waals surface area contributed by atoms with Gasteiger partial charge in [-0.3, -0.25) is 19.6 Å². The first-order valence-corrected chi connectivity index (χ1v) is 11.5. The van der Waals surface area contributed by atoms with Crippen LogP contribution in [0.5, 0.6) is 0 Å². The number of carbonyl (C=O) groups excluding carboxylic acids is 3. The minimum atomic E-state index is -1.09. The molecule has 0 spiro atoms. The largest absolute Gasteiger partial charge is 0.461 e. The number of carbonyl (C=O) groups is 3. The molecule has 2 N–H and O–H groups in total. The number of imide groups is 1. The van der Waals surface area contributed by atoms with E-state index in [2.05, 4.69) is 20.9 Å². The Balaban J connectivity index is 1.35. The van der Waals surface area contributed by atoms with Gasteiger partial charge in [0.05, 0.1) is 12.0 Å². The average Bonchev–Trinajstić information content (AvgIpc) is 3.53. The van der Waals surface area contributed by atoms with Gasteiger partial charge < -0.3 is 9.73 Å². The fourth-order valence-corrected chi connectivity index (χ4v) is 4.34. The molecule has 1 saturated heterocycles. The zero-order valence-electron chi connectivity index (χ0n) is 18.3. The fraction of sp³-hybridized carbons (Fsp3) is 0.318. The number of furan rings is 1. The van der Waals surface area contributed by atoms with E-state index in [-0.39, 0.29) is 5.75 Å². The maximum atomic E-state index is 12.9. The van der Waals surface area contributed by atoms with Crippen LogP contribution in [0, 0.1) is 0 Å². The Hall–Kier alpha value is -3.60. The van der Waals surface area contributed by atoms with Crippen molar-refractivity contribution in [3.8, 4) is 11.6 Å². The molecule has 0 radical (unpaired) electrons. The van der Waals surface area contributed by atoms with Gasteiger partial charge in [-0.25, -0.2) is 4.79 Å². The lowest BCUT2D eigenvalue weighted by Gasteiger charge is -2.21. The lowest BCUT2D eigenvalue weighted by atomic mass is 9.93. The van der Waals surface area contributed by atoms with Crippen LogP contribution in [-0.4, -0.2) is 48.9 Å². The van der Waals surface area contributed by atoms with Crippen LogP contribution in [0.25, 0.3) is 11.6 Å². The first kappa shape index (κ1) is 22.6. The van der Waals surface area contributed by atoms with Crippen molar-refractivity contribution in [1.29, 1.82) is 0 Å². The summed E-state index contributed by atoms with van der Waals surface area (Å²) in [6.07, 6.45) is 2.58. The smallest absolute Gasteiger partial charge is 0.344 e. The summed E-state index contributed by atoms with van der Waals surface area (Å²) in [4.78, 5) is 37.8. The van der Waals surface area contributed by atoms with Crippen LogP contribution in [0.15, 0.2) is 58.3 Å². The molecule has 0 bridgehead atoms. The van der Waals surface area contributed by atoms with E-state index >= 15 is 0 Å². The summed E-state index contributed by atoms with van der Waals surface area (Å²) < 4.78 is 7.20. The molecule has 11 heteroatoms. The van der Waals surface area contributed by atoms with Crippen LogP contribution in [-0.2, 0) is 22.6 Å². The van der Waals surface area contributed by atoms with E-state index in [0.29, 0.717) is 36.1 Å². The van der Waals surface area contributed by atoms with Gasteiger partial charge >= 0.3 is 6.03 Å². The number of hydrazine groups is 1. The van der Waals surface area contributed by atoms with Crippen molar-refractivity contribution < 1.29 is 18.8 Å². The van der Waals surface area contributed by atoms with Crippen LogP contribution < -0.4 is 10.7 Å². The number of thioether (sulfide) groups is 1. The van der Waals surface area contributed by atoms with Gasteiger partial charge in [0.15, 0.2) is 16.7 Å². The molecular weight excluding hydrogens is 444 g/mol. The zero-order chi connectivity index (χ0) is 23.4. The lowest BCUT2D eigenvalue weighted by molar-refractivity contribution is -0.138. The predicted octanol–water partition coefficient (Wildman–Crippen LogP) is 2.62. The minimum Gasteiger partial charge on any atom is -0.461 e. The molecule has 0 aliphatic carbocycles. The zero-order valence-corrected chi connectivity index (χ0v) is 19.1. The minimum absolute atomic E-state index is 0.0475. The lowest BCUT2D eigenvalue weighted by Crippen LogP contribution is -2.49. The Morgan fingerprint density at radius 2 is 1.97 bits per heavy atom. The molecule has 4 amide bonds. The van der Waals surface area contributed by atoms with E-state index in [1.807, 2.05) is 41.8 Å². The third kappa shape index (κ3) is 4.77. The molecule has 33 heavy (non-hydrogen) atoms. The summed E-state index contributed by atoms with van der Waals surface area (Å²) >= 11 is 1.16. The molecule has 10 nitrogen and oxygen atoms in total. The SMILES string of the molecule is CCn1c(SCC(=O)NN2C(=O)NC(C)(CCc3ccccc3)C2=O)nnc1-c1ccco1. The Morgan fingerprint density at radius 3 is 2.67 bits per heavy atom. The number of nitrogens with zero attached hydrogens (tertiary/aromatic N) is 4. The van der Waals surface area contributed by atoms with Crippen molar-refractivity contribution in [1.82, 2.24) is 30.5 Å². The molecule has 1 aliphatic heterocycles. The topological polar surface area (TPSA) is 122 Å². The van der Waals surface area contributed by atoms with Crippen LogP contribution in [0.1, 0.15) is 25.8 Å². The Labute approximate surface area is 194 Å². The summed E-state index contributed by atoms with van der Waals surface area (Å²) in [7, 11) is 0. The number of rotatable bonds is 9. The van der Waals surface area contributed by atoms with Crippen molar-refractivity contribution in [2.45, 2.75) is 43.9 Å². The molecule has 1 unspecified atom stereocenters. The highest BCUT2D eigenvalue weighted by molar-refractivity contribution is 7.99. The first-order valence-electron chi connectivity index (χ1n) is 10.5. The van der Waals surface area contributed by atoms with Crippen LogP contribution in [0.4, 0.5) is 4.79 Å². The van der Waals surface area contributed by atoms with E-state index in [0.717, 1.165) is 22.3 Å². The van der Waals surface area contributed by atoms with Gasteiger partial charge in [-0.15, -0.1) is 10.2 Å². The molecule has 1 aliphatic rings. The number of hydrogen-bond donors (Lipinski definition) is 2. The normalized spacial score (nSPS) is 17.9. The highest BCUT2D eigenvalue weighted by atomic mass is 32.2. The third-order valence-corrected chi connectivity index (χ3v) is 6.33. The molecule has 2 aromatic heterocycles. The summed E-state index contributed by atoms with van der Waals surface area (Å²) in [5.74, 6) is 0.108. The Kier molecular flexibility index (Phi) is 6.50. The maximum absolute atomic E-state index is 12.9. The van der Waals surface area contributed by atoms with Gasteiger partial charge in [0.1, 0.15) is 5.54 Å². The van der Waals surface area contributed by atoms with Gasteiger partial charge in [-0.2, -0.15) is 5.01 Å². The molecule has 0 saturated carbocycles. The van der Waals surface area contributed by atoms with Crippen molar-refractivity contribution in [3.05, 3.63) is 54.3 Å². The molecule has 172 valence electrons. The van der Waals surface area contributed by atoms with Gasteiger partial charge in [-0.05, 0) is 44.4 Å². The molecule has 1 atom stereocenters. The number of hydrogen-bond acceptors (Lipinski definition) is 7. The monoisotopic (exact) mass is 468 g/mol. The molecule has 4 rings (SSSR count). The quantitative estimate of drug-likeness (QED) is 0.366. The number of aromatic nitrogens is 3. The van der Waals surface area contributed by atoms with Crippen molar-refractivity contribution in [2.75, 3.05) is 5.75 Å². The fourth-order valence-electron chi connectivity index (χ4n) is 3.55. The molecule has 3 aromatic rings. The van der Waals surface area contributed by atoms with Crippen molar-refractivity contribution >= 4 is 29.6 Å². The van der Waals surface area contributed by atoms with Crippen LogP contribution in [0.2, 0.25) is 0 Å². The van der Waals surface area contributed by atoms with E-state index in [4.69, 9.17) is 4.42 Å². The van der Waals surface area contributed by atoms with Gasteiger partial charge in [-0.1, -0.05) is 42.1 Å². The summed E-state index contributed by atoms with van der Waals surface area (Å²) in [5.41, 5.74) is 2.38. The third-order valence-electron chi connectivity index (χ3n) is 5.36. The van der Waals surface area contributed by atoms with Gasteiger partial charge in [0.25, 0.3) is 5.91 Å². The summed E-state index contributed by atoms with van der Waals surface area (Å²) in [6, 6.07) is 12.6. The average molecular weight is 469 g/mol. The highest BCUT2D eigenvalue weighted by Gasteiger charge is 2.48. The summed E-state index contributed by atoms with van der Waals surface area (Å²) in [6.45, 7) is 4.18. The Bertz CT molecular complexity index is 1150. The predicted molar refractivity (Wildman–Crippen MR) is 121 cm³/mol. The number of nitrogens with one attached hydrogen (secondary N) is 2. The molecule has 3 heterocycles. The van der Waals surface area contributed by atoms with E-state index in [1.54, 1.807) is 25.3 Å². The van der Waals surface area contributed by atoms with Gasteiger partial charge in [0.2, 0.25) is 5.91 Å². The van der Waals surface area contributed by atoms with Crippen molar-refractivity contribution in [2.24, 2.45) is 0 Å². The molecular formula is C22H24N6O4S. The maximum Gasteiger partial charge on any atom is 0.344 e. The second kappa shape index (κ2) is 9.49. The number of urea groups is 1.